The third-order valence-electron chi connectivity index (χ3n) is 3.80. The molecule has 0 radical (unpaired) electrons. The minimum Gasteiger partial charge on any atom is -0.332 e. The maximum atomic E-state index is 12.2. The number of nitrogens with one attached hydrogen (secondary N) is 3. The quantitative estimate of drug-likeness (QED) is 0.666. The van der Waals surface area contributed by atoms with E-state index >= 15 is 0 Å². The van der Waals surface area contributed by atoms with Gasteiger partial charge >= 0.3 is 0 Å². The first-order valence-corrected chi connectivity index (χ1v) is 8.98. The van der Waals surface area contributed by atoms with E-state index in [-0.39, 0.29) is 16.9 Å². The topological polar surface area (TPSA) is 70.2 Å². The molecule has 5 nitrogen and oxygen atoms in total. The van der Waals surface area contributed by atoms with Gasteiger partial charge in [0.15, 0.2) is 5.11 Å². The van der Waals surface area contributed by atoms with Crippen molar-refractivity contribution >= 4 is 40.5 Å². The summed E-state index contributed by atoms with van der Waals surface area (Å²) in [7, 11) is 0. The number of hydrogen-bond acceptors (Lipinski definition) is 3. The SMILES string of the molecule is CCCCC(=O)Nc1ccc(NC(=S)NC(=O)c2ccccc2C)cc1. The first-order valence-electron chi connectivity index (χ1n) is 8.57. The Hall–Kier alpha value is -2.73. The van der Waals surface area contributed by atoms with Crippen molar-refractivity contribution in [1.29, 1.82) is 0 Å². The molecule has 0 aromatic heterocycles. The number of anilines is 2. The van der Waals surface area contributed by atoms with Crippen LogP contribution in [0.4, 0.5) is 11.4 Å². The predicted octanol–water partition coefficient (Wildman–Crippen LogP) is 4.25. The highest BCUT2D eigenvalue weighted by atomic mass is 32.1. The van der Waals surface area contributed by atoms with Crippen LogP contribution in [-0.4, -0.2) is 16.9 Å². The minimum absolute atomic E-state index is 0.00794. The van der Waals surface area contributed by atoms with Crippen molar-refractivity contribution < 1.29 is 9.59 Å². The molecule has 0 spiro atoms. The summed E-state index contributed by atoms with van der Waals surface area (Å²) in [5.41, 5.74) is 2.93. The molecule has 2 aromatic carbocycles. The molecule has 0 saturated heterocycles. The van der Waals surface area contributed by atoms with Gasteiger partial charge in [0.1, 0.15) is 0 Å². The molecule has 0 atom stereocenters. The monoisotopic (exact) mass is 369 g/mol. The average Bonchev–Trinajstić information content (AvgIpc) is 2.62. The summed E-state index contributed by atoms with van der Waals surface area (Å²) < 4.78 is 0. The first-order chi connectivity index (χ1) is 12.5. The Bertz CT molecular complexity index is 788. The van der Waals surface area contributed by atoms with Crippen LogP contribution in [0.3, 0.4) is 0 Å². The van der Waals surface area contributed by atoms with Gasteiger partial charge in [0.2, 0.25) is 5.91 Å². The number of rotatable bonds is 6. The molecule has 0 aliphatic rings. The Morgan fingerprint density at radius 3 is 2.19 bits per heavy atom. The molecule has 0 aliphatic carbocycles. The number of carbonyl (C=O) groups is 2. The molecule has 6 heteroatoms. The number of aryl methyl sites for hydroxylation is 1. The summed E-state index contributed by atoms with van der Waals surface area (Å²) in [6.07, 6.45) is 2.38. The second-order valence-corrected chi connectivity index (χ2v) is 6.36. The van der Waals surface area contributed by atoms with Crippen molar-refractivity contribution in [3.05, 3.63) is 59.7 Å². The fourth-order valence-electron chi connectivity index (χ4n) is 2.36. The molecular formula is C20H23N3O2S. The highest BCUT2D eigenvalue weighted by Gasteiger charge is 2.10. The van der Waals surface area contributed by atoms with Crippen molar-refractivity contribution in [1.82, 2.24) is 5.32 Å². The Morgan fingerprint density at radius 2 is 1.58 bits per heavy atom. The number of carbonyl (C=O) groups excluding carboxylic acids is 2. The van der Waals surface area contributed by atoms with Gasteiger partial charge in [-0.25, -0.2) is 0 Å². The Kier molecular flexibility index (Phi) is 7.29. The Morgan fingerprint density at radius 1 is 0.962 bits per heavy atom. The highest BCUT2D eigenvalue weighted by molar-refractivity contribution is 7.80. The molecule has 2 aromatic rings. The fraction of sp³-hybridized carbons (Fsp3) is 0.250. The van der Waals surface area contributed by atoms with Gasteiger partial charge in [0.25, 0.3) is 5.91 Å². The second-order valence-electron chi connectivity index (χ2n) is 5.95. The van der Waals surface area contributed by atoms with Gasteiger partial charge in [-0.3, -0.25) is 14.9 Å². The van der Waals surface area contributed by atoms with Gasteiger partial charge < -0.3 is 10.6 Å². The zero-order valence-corrected chi connectivity index (χ0v) is 15.8. The molecule has 0 aliphatic heterocycles. The van der Waals surface area contributed by atoms with E-state index in [9.17, 15) is 9.59 Å². The number of amides is 2. The van der Waals surface area contributed by atoms with Crippen molar-refractivity contribution in [3.8, 4) is 0 Å². The molecule has 2 rings (SSSR count). The Labute approximate surface area is 159 Å². The van der Waals surface area contributed by atoms with Crippen LogP contribution in [-0.2, 0) is 4.79 Å². The molecule has 26 heavy (non-hydrogen) atoms. The summed E-state index contributed by atoms with van der Waals surface area (Å²) in [4.78, 5) is 24.0. The molecule has 0 saturated carbocycles. The summed E-state index contributed by atoms with van der Waals surface area (Å²) >= 11 is 5.19. The van der Waals surface area contributed by atoms with Gasteiger partial charge in [-0.15, -0.1) is 0 Å². The first kappa shape index (κ1) is 19.6. The van der Waals surface area contributed by atoms with Crippen LogP contribution in [0.25, 0.3) is 0 Å². The fourth-order valence-corrected chi connectivity index (χ4v) is 2.57. The molecule has 0 bridgehead atoms. The van der Waals surface area contributed by atoms with Crippen molar-refractivity contribution in [2.24, 2.45) is 0 Å². The second kappa shape index (κ2) is 9.68. The van der Waals surface area contributed by atoms with Crippen LogP contribution >= 0.6 is 12.2 Å². The van der Waals surface area contributed by atoms with Gasteiger partial charge in [-0.1, -0.05) is 31.5 Å². The largest absolute Gasteiger partial charge is 0.332 e. The van der Waals surface area contributed by atoms with Crippen molar-refractivity contribution in [3.63, 3.8) is 0 Å². The van der Waals surface area contributed by atoms with Crippen LogP contribution in [0.15, 0.2) is 48.5 Å². The van der Waals surface area contributed by atoms with Crippen molar-refractivity contribution in [2.75, 3.05) is 10.6 Å². The summed E-state index contributed by atoms with van der Waals surface area (Å²) in [6.45, 7) is 3.92. The number of thiocarbonyl (C=S) groups is 1. The normalized spacial score (nSPS) is 10.1. The van der Waals surface area contributed by atoms with Crippen LogP contribution in [0.1, 0.15) is 42.1 Å². The average molecular weight is 369 g/mol. The lowest BCUT2D eigenvalue weighted by atomic mass is 10.1. The maximum absolute atomic E-state index is 12.2. The van der Waals surface area contributed by atoms with E-state index in [0.717, 1.165) is 29.8 Å². The smallest absolute Gasteiger partial charge is 0.257 e. The van der Waals surface area contributed by atoms with Crippen LogP contribution in [0.5, 0.6) is 0 Å². The van der Waals surface area contributed by atoms with Gasteiger partial charge in [0, 0.05) is 23.4 Å². The summed E-state index contributed by atoms with van der Waals surface area (Å²) in [5.74, 6) is -0.242. The highest BCUT2D eigenvalue weighted by Crippen LogP contribution is 2.14. The molecule has 0 heterocycles. The Balaban J connectivity index is 1.88. The van der Waals surface area contributed by atoms with E-state index in [1.807, 2.05) is 25.1 Å². The van der Waals surface area contributed by atoms with Crippen LogP contribution < -0.4 is 16.0 Å². The van der Waals surface area contributed by atoms with E-state index in [1.165, 1.54) is 0 Å². The zero-order valence-electron chi connectivity index (χ0n) is 15.0. The third kappa shape index (κ3) is 5.97. The zero-order chi connectivity index (χ0) is 18.9. The van der Waals surface area contributed by atoms with E-state index < -0.39 is 0 Å². The van der Waals surface area contributed by atoms with Gasteiger partial charge in [-0.2, -0.15) is 0 Å². The predicted molar refractivity (Wildman–Crippen MR) is 109 cm³/mol. The number of hydrogen-bond donors (Lipinski definition) is 3. The summed E-state index contributed by atoms with van der Waals surface area (Å²) in [5, 5.41) is 8.70. The van der Waals surface area contributed by atoms with Crippen LogP contribution in [0.2, 0.25) is 0 Å². The molecule has 2 amide bonds. The van der Waals surface area contributed by atoms with Crippen molar-refractivity contribution in [2.45, 2.75) is 33.1 Å². The molecule has 136 valence electrons. The third-order valence-corrected chi connectivity index (χ3v) is 4.00. The molecule has 0 unspecified atom stereocenters. The van der Waals surface area contributed by atoms with Gasteiger partial charge in [0.05, 0.1) is 0 Å². The lowest BCUT2D eigenvalue weighted by Gasteiger charge is -2.11. The number of benzene rings is 2. The standard InChI is InChI=1S/C20H23N3O2S/c1-3-4-9-18(24)21-15-10-12-16(13-11-15)22-20(26)23-19(25)17-8-6-5-7-14(17)2/h5-8,10-13H,3-4,9H2,1-2H3,(H,21,24)(H2,22,23,25,26). The van der Waals surface area contributed by atoms with Gasteiger partial charge in [-0.05, 0) is 61.5 Å². The minimum atomic E-state index is -0.250. The molecular weight excluding hydrogens is 346 g/mol. The molecule has 3 N–H and O–H groups in total. The van der Waals surface area contributed by atoms with E-state index in [2.05, 4.69) is 22.9 Å². The lowest BCUT2D eigenvalue weighted by molar-refractivity contribution is -0.116. The van der Waals surface area contributed by atoms with E-state index in [0.29, 0.717) is 12.0 Å². The lowest BCUT2D eigenvalue weighted by Crippen LogP contribution is -2.34. The maximum Gasteiger partial charge on any atom is 0.257 e. The summed E-state index contributed by atoms with van der Waals surface area (Å²) in [6, 6.07) is 14.5. The van der Waals surface area contributed by atoms with E-state index in [1.54, 1.807) is 30.3 Å². The number of unbranched alkanes of at least 4 members (excludes halogenated alkanes) is 1. The van der Waals surface area contributed by atoms with Crippen LogP contribution in [0, 0.1) is 6.92 Å². The van der Waals surface area contributed by atoms with E-state index in [4.69, 9.17) is 12.2 Å². The molecule has 0 fully saturated rings.